The van der Waals surface area contributed by atoms with E-state index in [9.17, 15) is 4.79 Å². The van der Waals surface area contributed by atoms with Crippen LogP contribution in [0.5, 0.6) is 0 Å². The molecular weight excluding hydrogens is 296 g/mol. The summed E-state index contributed by atoms with van der Waals surface area (Å²) in [6.45, 7) is 5.59. The van der Waals surface area contributed by atoms with Crippen LogP contribution in [0.25, 0.3) is 5.82 Å². The maximum Gasteiger partial charge on any atom is 0.252 e. The quantitative estimate of drug-likeness (QED) is 0.680. The maximum absolute atomic E-state index is 12.5. The Labute approximate surface area is 132 Å². The molecule has 0 fully saturated rings. The van der Waals surface area contributed by atoms with E-state index in [4.69, 9.17) is 9.78 Å². The summed E-state index contributed by atoms with van der Waals surface area (Å²) in [5, 5.41) is 16.6. The van der Waals surface area contributed by atoms with Crippen LogP contribution in [0.2, 0.25) is 0 Å². The van der Waals surface area contributed by atoms with Crippen molar-refractivity contribution in [2.45, 2.75) is 27.3 Å². The first kappa shape index (κ1) is 14.7. The molecule has 0 bridgehead atoms. The molecule has 3 aromatic rings. The van der Waals surface area contributed by atoms with E-state index < -0.39 is 0 Å². The lowest BCUT2D eigenvalue weighted by Gasteiger charge is -2.05. The van der Waals surface area contributed by atoms with Crippen LogP contribution in [0.3, 0.4) is 0 Å². The number of ketones is 1. The van der Waals surface area contributed by atoms with Gasteiger partial charge in [0.2, 0.25) is 0 Å². The molecule has 23 heavy (non-hydrogen) atoms. The molecule has 0 aliphatic heterocycles. The third kappa shape index (κ3) is 2.64. The van der Waals surface area contributed by atoms with Crippen molar-refractivity contribution >= 4 is 5.78 Å². The second-order valence-electron chi connectivity index (χ2n) is 5.22. The van der Waals surface area contributed by atoms with Gasteiger partial charge in [0, 0.05) is 23.0 Å². The fraction of sp³-hybridized carbons (Fsp3) is 0.267. The van der Waals surface area contributed by atoms with Gasteiger partial charge < -0.3 is 4.52 Å². The van der Waals surface area contributed by atoms with Crippen molar-refractivity contribution in [2.75, 3.05) is 0 Å². The van der Waals surface area contributed by atoms with Gasteiger partial charge in [0.05, 0.1) is 0 Å². The van der Waals surface area contributed by atoms with Crippen LogP contribution in [-0.4, -0.2) is 30.3 Å². The second kappa shape index (κ2) is 5.53. The summed E-state index contributed by atoms with van der Waals surface area (Å²) >= 11 is 0. The first-order valence-electron chi connectivity index (χ1n) is 6.95. The number of nitrogens with zero attached hydrogens (tertiary/aromatic N) is 6. The summed E-state index contributed by atoms with van der Waals surface area (Å²) in [6.07, 6.45) is 1.37. The van der Waals surface area contributed by atoms with Crippen molar-refractivity contribution in [2.24, 2.45) is 0 Å². The van der Waals surface area contributed by atoms with Crippen LogP contribution in [-0.2, 0) is 6.54 Å². The molecular formula is C15H14N6O2. The summed E-state index contributed by atoms with van der Waals surface area (Å²) in [7, 11) is 0. The number of hydrogen-bond acceptors (Lipinski definition) is 6. The predicted octanol–water partition coefficient (Wildman–Crippen LogP) is 1.74. The number of aryl methyl sites for hydroxylation is 2. The van der Waals surface area contributed by atoms with Crippen LogP contribution in [0.4, 0.5) is 0 Å². The minimum atomic E-state index is -0.112. The summed E-state index contributed by atoms with van der Waals surface area (Å²) in [4.78, 5) is 16.3. The SMILES string of the molecule is Cc1cc(-n2c(C)cc(C(=O)Cn3cnc(C#N)n3)c2C)no1. The van der Waals surface area contributed by atoms with E-state index in [1.807, 2.05) is 43.5 Å². The molecule has 0 N–H and O–H groups in total. The number of carbonyl (C=O) groups excluding carboxylic acids is 1. The zero-order chi connectivity index (χ0) is 16.6. The van der Waals surface area contributed by atoms with Crippen molar-refractivity contribution in [3.8, 4) is 11.9 Å². The van der Waals surface area contributed by atoms with E-state index in [0.717, 1.165) is 11.4 Å². The second-order valence-corrected chi connectivity index (χ2v) is 5.22. The molecule has 3 rings (SSSR count). The largest absolute Gasteiger partial charge is 0.360 e. The monoisotopic (exact) mass is 310 g/mol. The van der Waals surface area contributed by atoms with Crippen molar-refractivity contribution in [1.29, 1.82) is 5.26 Å². The third-order valence-corrected chi connectivity index (χ3v) is 3.52. The fourth-order valence-electron chi connectivity index (χ4n) is 2.51. The number of nitriles is 1. The van der Waals surface area contributed by atoms with Crippen molar-refractivity contribution in [3.63, 3.8) is 0 Å². The van der Waals surface area contributed by atoms with Gasteiger partial charge in [-0.1, -0.05) is 5.16 Å². The minimum Gasteiger partial charge on any atom is -0.360 e. The Balaban J connectivity index is 1.91. The molecule has 0 aromatic carbocycles. The average molecular weight is 310 g/mol. The topological polar surface area (TPSA) is 103 Å². The van der Waals surface area contributed by atoms with Crippen LogP contribution in [0, 0.1) is 32.1 Å². The fourth-order valence-corrected chi connectivity index (χ4v) is 2.51. The molecule has 3 heterocycles. The molecule has 0 radical (unpaired) electrons. The van der Waals surface area contributed by atoms with Crippen LogP contribution in [0.15, 0.2) is 23.0 Å². The number of carbonyl (C=O) groups is 1. The normalized spacial score (nSPS) is 10.7. The van der Waals surface area contributed by atoms with E-state index in [1.165, 1.54) is 11.0 Å². The lowest BCUT2D eigenvalue weighted by molar-refractivity contribution is 0.0967. The Morgan fingerprint density at radius 1 is 1.35 bits per heavy atom. The van der Waals surface area contributed by atoms with Crippen molar-refractivity contribution < 1.29 is 9.32 Å². The first-order chi connectivity index (χ1) is 11.0. The Bertz CT molecular complexity index is 924. The summed E-state index contributed by atoms with van der Waals surface area (Å²) in [6, 6.07) is 5.45. The molecule has 8 heteroatoms. The molecule has 116 valence electrons. The highest BCUT2D eigenvalue weighted by molar-refractivity contribution is 5.97. The summed E-state index contributed by atoms with van der Waals surface area (Å²) in [5.41, 5.74) is 2.24. The minimum absolute atomic E-state index is 0.0246. The van der Waals surface area contributed by atoms with E-state index in [2.05, 4.69) is 15.2 Å². The van der Waals surface area contributed by atoms with Gasteiger partial charge in [-0.2, -0.15) is 5.26 Å². The predicted molar refractivity (Wildman–Crippen MR) is 79.1 cm³/mol. The van der Waals surface area contributed by atoms with Crippen LogP contribution >= 0.6 is 0 Å². The Hall–Kier alpha value is -3.21. The Kier molecular flexibility index (Phi) is 3.54. The molecule has 0 aliphatic rings. The molecule has 0 unspecified atom stereocenters. The number of aromatic nitrogens is 5. The lowest BCUT2D eigenvalue weighted by atomic mass is 10.1. The van der Waals surface area contributed by atoms with Gasteiger partial charge in [-0.3, -0.25) is 9.36 Å². The van der Waals surface area contributed by atoms with Gasteiger partial charge in [0.15, 0.2) is 11.6 Å². The van der Waals surface area contributed by atoms with Gasteiger partial charge in [-0.05, 0) is 26.8 Å². The van der Waals surface area contributed by atoms with Gasteiger partial charge in [-0.15, -0.1) is 5.10 Å². The van der Waals surface area contributed by atoms with Crippen LogP contribution < -0.4 is 0 Å². The first-order valence-corrected chi connectivity index (χ1v) is 6.95. The zero-order valence-electron chi connectivity index (χ0n) is 12.9. The molecule has 0 spiro atoms. The Morgan fingerprint density at radius 2 is 2.13 bits per heavy atom. The van der Waals surface area contributed by atoms with E-state index in [-0.39, 0.29) is 18.2 Å². The van der Waals surface area contributed by atoms with Crippen molar-refractivity contribution in [3.05, 3.63) is 47.0 Å². The standard InChI is InChI=1S/C15H14N6O2/c1-9-4-12(11(3)21(9)15-5-10(2)23-19-15)13(22)7-20-8-17-14(6-16)18-20/h4-5,8H,7H2,1-3H3. The molecule has 0 saturated heterocycles. The van der Waals surface area contributed by atoms with Crippen molar-refractivity contribution in [1.82, 2.24) is 24.5 Å². The average Bonchev–Trinajstić information content (AvgIpc) is 3.19. The summed E-state index contributed by atoms with van der Waals surface area (Å²) in [5.74, 6) is 1.27. The van der Waals surface area contributed by atoms with Gasteiger partial charge in [-0.25, -0.2) is 9.67 Å². The van der Waals surface area contributed by atoms with E-state index in [0.29, 0.717) is 17.1 Å². The van der Waals surface area contributed by atoms with E-state index in [1.54, 1.807) is 0 Å². The smallest absolute Gasteiger partial charge is 0.252 e. The molecule has 0 aliphatic carbocycles. The lowest BCUT2D eigenvalue weighted by Crippen LogP contribution is -2.12. The van der Waals surface area contributed by atoms with Gasteiger partial charge in [0.25, 0.3) is 5.82 Å². The number of rotatable bonds is 4. The summed E-state index contributed by atoms with van der Waals surface area (Å²) < 4.78 is 8.32. The Morgan fingerprint density at radius 3 is 2.74 bits per heavy atom. The maximum atomic E-state index is 12.5. The highest BCUT2D eigenvalue weighted by Crippen LogP contribution is 2.21. The molecule has 8 nitrogen and oxygen atoms in total. The highest BCUT2D eigenvalue weighted by atomic mass is 16.5. The zero-order valence-corrected chi connectivity index (χ0v) is 12.9. The van der Waals surface area contributed by atoms with Crippen LogP contribution in [0.1, 0.15) is 33.3 Å². The van der Waals surface area contributed by atoms with Gasteiger partial charge in [0.1, 0.15) is 24.7 Å². The molecule has 0 atom stereocenters. The third-order valence-electron chi connectivity index (χ3n) is 3.52. The van der Waals surface area contributed by atoms with Gasteiger partial charge >= 0.3 is 0 Å². The van der Waals surface area contributed by atoms with E-state index >= 15 is 0 Å². The number of hydrogen-bond donors (Lipinski definition) is 0. The highest BCUT2D eigenvalue weighted by Gasteiger charge is 2.19. The molecule has 0 saturated carbocycles. The number of Topliss-reactive ketones (excluding diaryl/α,β-unsaturated/α-hetero) is 1. The molecule has 3 aromatic heterocycles. The molecule has 0 amide bonds.